The van der Waals surface area contributed by atoms with Crippen LogP contribution in [-0.4, -0.2) is 36.3 Å². The van der Waals surface area contributed by atoms with Crippen molar-refractivity contribution in [2.75, 3.05) is 10.6 Å². The standard InChI is InChI=1S/C19H19FN8/c1-10(13-2-3-14-15(24-13)4-6-21-14)23-19-22-7-5-17(26-19)25-18-9-16(27-28-18)11-8-12(11)20/h2-7,9-12,21H,8H2,1H3,(H3,22,23,25,26,27,28)/t10-,11+,12+/m0/s1. The number of fused-ring (bicyclic) bond motifs is 1. The molecular formula is C19H19FN8. The minimum atomic E-state index is -0.760. The third-order valence-corrected chi connectivity index (χ3v) is 4.84. The van der Waals surface area contributed by atoms with Gasteiger partial charge in [-0.1, -0.05) is 0 Å². The fourth-order valence-corrected chi connectivity index (χ4v) is 3.16. The van der Waals surface area contributed by atoms with Gasteiger partial charge in [0.25, 0.3) is 0 Å². The van der Waals surface area contributed by atoms with Gasteiger partial charge in [0.1, 0.15) is 12.0 Å². The highest BCUT2D eigenvalue weighted by atomic mass is 19.1. The SMILES string of the molecule is C[C@H](Nc1nccc(Nc2cc([C@@H]3C[C@H]3F)[nH]n2)n1)c1ccc2[nH]ccc2n1. The highest BCUT2D eigenvalue weighted by Crippen LogP contribution is 2.43. The molecule has 1 fully saturated rings. The lowest BCUT2D eigenvalue weighted by Gasteiger charge is -2.14. The van der Waals surface area contributed by atoms with Crippen LogP contribution in [0.3, 0.4) is 0 Å². The fraction of sp³-hybridized carbons (Fsp3) is 0.263. The number of anilines is 3. The van der Waals surface area contributed by atoms with E-state index in [0.717, 1.165) is 22.4 Å². The Bertz CT molecular complexity index is 1120. The van der Waals surface area contributed by atoms with Crippen molar-refractivity contribution in [3.8, 4) is 0 Å². The summed E-state index contributed by atoms with van der Waals surface area (Å²) in [7, 11) is 0. The van der Waals surface area contributed by atoms with Crippen LogP contribution < -0.4 is 10.6 Å². The number of aromatic amines is 2. The molecule has 0 saturated heterocycles. The molecule has 4 N–H and O–H groups in total. The van der Waals surface area contributed by atoms with Crippen LogP contribution in [0.4, 0.5) is 22.0 Å². The van der Waals surface area contributed by atoms with E-state index in [1.165, 1.54) is 0 Å². The number of nitrogens with zero attached hydrogens (tertiary/aromatic N) is 4. The summed E-state index contributed by atoms with van der Waals surface area (Å²) in [5.74, 6) is 1.63. The minimum absolute atomic E-state index is 0.0589. The summed E-state index contributed by atoms with van der Waals surface area (Å²) in [4.78, 5) is 16.5. The summed E-state index contributed by atoms with van der Waals surface area (Å²) in [6.07, 6.45) is 3.33. The van der Waals surface area contributed by atoms with E-state index in [4.69, 9.17) is 0 Å². The van der Waals surface area contributed by atoms with Gasteiger partial charge in [0.15, 0.2) is 5.82 Å². The highest BCUT2D eigenvalue weighted by molar-refractivity contribution is 5.74. The quantitative estimate of drug-likeness (QED) is 0.406. The second kappa shape index (κ2) is 6.59. The lowest BCUT2D eigenvalue weighted by Crippen LogP contribution is -2.11. The first-order valence-corrected chi connectivity index (χ1v) is 9.16. The van der Waals surface area contributed by atoms with Crippen molar-refractivity contribution < 1.29 is 4.39 Å². The van der Waals surface area contributed by atoms with E-state index in [1.54, 1.807) is 12.3 Å². The largest absolute Gasteiger partial charge is 0.360 e. The van der Waals surface area contributed by atoms with Crippen molar-refractivity contribution in [2.45, 2.75) is 31.5 Å². The number of halogens is 1. The van der Waals surface area contributed by atoms with Crippen LogP contribution in [0.2, 0.25) is 0 Å². The van der Waals surface area contributed by atoms with Crippen molar-refractivity contribution in [3.05, 3.63) is 54.1 Å². The molecule has 4 aromatic heterocycles. The Kier molecular flexibility index (Phi) is 3.92. The predicted molar refractivity (Wildman–Crippen MR) is 104 cm³/mol. The number of rotatable bonds is 6. The van der Waals surface area contributed by atoms with Gasteiger partial charge >= 0.3 is 0 Å². The van der Waals surface area contributed by atoms with Crippen molar-refractivity contribution >= 4 is 28.6 Å². The number of nitrogens with one attached hydrogen (secondary N) is 4. The average Bonchev–Trinajstić information content (AvgIpc) is 3.09. The van der Waals surface area contributed by atoms with Crippen molar-refractivity contribution in [2.24, 2.45) is 0 Å². The molecule has 1 saturated carbocycles. The van der Waals surface area contributed by atoms with Gasteiger partial charge < -0.3 is 15.6 Å². The van der Waals surface area contributed by atoms with Gasteiger partial charge in [0.2, 0.25) is 5.95 Å². The lowest BCUT2D eigenvalue weighted by molar-refractivity contribution is 0.466. The number of aromatic nitrogens is 6. The van der Waals surface area contributed by atoms with Crippen LogP contribution in [0.25, 0.3) is 11.0 Å². The van der Waals surface area contributed by atoms with Gasteiger partial charge in [0, 0.05) is 30.1 Å². The van der Waals surface area contributed by atoms with Crippen molar-refractivity contribution in [1.82, 2.24) is 30.1 Å². The Labute approximate surface area is 160 Å². The number of hydrogen-bond acceptors (Lipinski definition) is 6. The summed E-state index contributed by atoms with van der Waals surface area (Å²) in [5, 5.41) is 13.4. The first-order chi connectivity index (χ1) is 13.7. The van der Waals surface area contributed by atoms with Crippen LogP contribution >= 0.6 is 0 Å². The third-order valence-electron chi connectivity index (χ3n) is 4.84. The molecule has 4 aromatic rings. The smallest absolute Gasteiger partial charge is 0.225 e. The molecule has 0 spiro atoms. The Morgan fingerprint density at radius 1 is 1.18 bits per heavy atom. The zero-order valence-electron chi connectivity index (χ0n) is 15.1. The summed E-state index contributed by atoms with van der Waals surface area (Å²) in [5.41, 5.74) is 3.63. The van der Waals surface area contributed by atoms with Gasteiger partial charge in [-0.2, -0.15) is 10.1 Å². The molecule has 3 atom stereocenters. The Morgan fingerprint density at radius 3 is 2.93 bits per heavy atom. The maximum absolute atomic E-state index is 13.2. The van der Waals surface area contributed by atoms with E-state index >= 15 is 0 Å². The molecule has 0 amide bonds. The monoisotopic (exact) mass is 378 g/mol. The van der Waals surface area contributed by atoms with E-state index < -0.39 is 6.17 Å². The molecular weight excluding hydrogens is 359 g/mol. The summed E-state index contributed by atoms with van der Waals surface area (Å²) >= 11 is 0. The van der Waals surface area contributed by atoms with Gasteiger partial charge in [-0.25, -0.2) is 14.4 Å². The van der Waals surface area contributed by atoms with E-state index in [9.17, 15) is 4.39 Å². The fourth-order valence-electron chi connectivity index (χ4n) is 3.16. The molecule has 8 nitrogen and oxygen atoms in total. The molecule has 1 aliphatic rings. The van der Waals surface area contributed by atoms with E-state index in [2.05, 4.69) is 40.8 Å². The molecule has 9 heteroatoms. The average molecular weight is 378 g/mol. The Morgan fingerprint density at radius 2 is 2.07 bits per heavy atom. The molecule has 0 unspecified atom stereocenters. The minimum Gasteiger partial charge on any atom is -0.360 e. The van der Waals surface area contributed by atoms with E-state index in [0.29, 0.717) is 24.0 Å². The number of hydrogen-bond donors (Lipinski definition) is 4. The van der Waals surface area contributed by atoms with Crippen LogP contribution in [0.15, 0.2) is 42.7 Å². The van der Waals surface area contributed by atoms with Gasteiger partial charge in [-0.15, -0.1) is 0 Å². The number of alkyl halides is 1. The molecule has 1 aliphatic carbocycles. The van der Waals surface area contributed by atoms with Crippen molar-refractivity contribution in [3.63, 3.8) is 0 Å². The van der Waals surface area contributed by atoms with Crippen LogP contribution in [0.1, 0.15) is 36.7 Å². The van der Waals surface area contributed by atoms with Gasteiger partial charge in [-0.05, 0) is 37.6 Å². The molecule has 5 rings (SSSR count). The summed E-state index contributed by atoms with van der Waals surface area (Å²) in [6, 6.07) is 9.42. The second-order valence-electron chi connectivity index (χ2n) is 6.97. The third kappa shape index (κ3) is 3.26. The summed E-state index contributed by atoms with van der Waals surface area (Å²) < 4.78 is 13.2. The molecule has 0 aromatic carbocycles. The number of H-pyrrole nitrogens is 2. The summed E-state index contributed by atoms with van der Waals surface area (Å²) in [6.45, 7) is 2.01. The Balaban J connectivity index is 1.29. The predicted octanol–water partition coefficient (Wildman–Crippen LogP) is 3.82. The van der Waals surface area contributed by atoms with Crippen LogP contribution in [0.5, 0.6) is 0 Å². The van der Waals surface area contributed by atoms with Gasteiger partial charge in [-0.3, -0.25) is 5.10 Å². The van der Waals surface area contributed by atoms with Crippen LogP contribution in [0, 0.1) is 0 Å². The zero-order valence-corrected chi connectivity index (χ0v) is 15.1. The maximum Gasteiger partial charge on any atom is 0.225 e. The zero-order chi connectivity index (χ0) is 19.1. The van der Waals surface area contributed by atoms with Gasteiger partial charge in [0.05, 0.1) is 22.8 Å². The molecule has 0 bridgehead atoms. The first-order valence-electron chi connectivity index (χ1n) is 9.16. The Hall–Kier alpha value is -3.49. The molecule has 28 heavy (non-hydrogen) atoms. The molecule has 4 heterocycles. The maximum atomic E-state index is 13.2. The normalized spacial score (nSPS) is 19.5. The number of pyridine rings is 1. The van der Waals surface area contributed by atoms with E-state index in [-0.39, 0.29) is 12.0 Å². The molecule has 0 radical (unpaired) electrons. The lowest BCUT2D eigenvalue weighted by atomic mass is 10.2. The van der Waals surface area contributed by atoms with Crippen molar-refractivity contribution in [1.29, 1.82) is 0 Å². The van der Waals surface area contributed by atoms with E-state index in [1.807, 2.05) is 37.4 Å². The first kappa shape index (κ1) is 16.7. The topological polar surface area (TPSA) is 107 Å². The highest BCUT2D eigenvalue weighted by Gasteiger charge is 2.40. The molecule has 142 valence electrons. The van der Waals surface area contributed by atoms with Crippen LogP contribution in [-0.2, 0) is 0 Å². The molecule has 0 aliphatic heterocycles. The second-order valence-corrected chi connectivity index (χ2v) is 6.97.